The van der Waals surface area contributed by atoms with Gasteiger partial charge in [0.05, 0.1) is 5.56 Å². The molecule has 0 aliphatic rings. The molecule has 0 radical (unpaired) electrons. The number of hydrogen-bond acceptors (Lipinski definition) is 4. The highest BCUT2D eigenvalue weighted by atomic mass is 16.2. The van der Waals surface area contributed by atoms with Crippen LogP contribution in [0.4, 0.5) is 5.82 Å². The van der Waals surface area contributed by atoms with Gasteiger partial charge in [-0.2, -0.15) is 0 Å². The van der Waals surface area contributed by atoms with E-state index in [0.29, 0.717) is 24.6 Å². The van der Waals surface area contributed by atoms with E-state index in [0.717, 1.165) is 12.4 Å². The minimum Gasteiger partial charge on any atom is -0.370 e. The lowest BCUT2D eigenvalue weighted by Crippen LogP contribution is -2.32. The van der Waals surface area contributed by atoms with E-state index in [9.17, 15) is 9.59 Å². The lowest BCUT2D eigenvalue weighted by molar-refractivity contribution is -0.121. The van der Waals surface area contributed by atoms with Crippen molar-refractivity contribution in [3.05, 3.63) is 23.9 Å². The zero-order valence-electron chi connectivity index (χ0n) is 12.9. The maximum Gasteiger partial charge on any atom is 0.252 e. The van der Waals surface area contributed by atoms with Crippen molar-refractivity contribution in [2.24, 2.45) is 5.92 Å². The second kappa shape index (κ2) is 8.94. The second-order valence-corrected chi connectivity index (χ2v) is 5.17. The number of hydrogen-bond donors (Lipinski definition) is 3. The molecule has 0 bridgehead atoms. The monoisotopic (exact) mass is 292 g/mol. The van der Waals surface area contributed by atoms with E-state index in [4.69, 9.17) is 0 Å². The van der Waals surface area contributed by atoms with E-state index < -0.39 is 0 Å². The number of carbonyl (C=O) groups is 2. The summed E-state index contributed by atoms with van der Waals surface area (Å²) in [6.45, 7) is 7.80. The fourth-order valence-electron chi connectivity index (χ4n) is 1.61. The average Bonchev–Trinajstić information content (AvgIpc) is 2.46. The zero-order chi connectivity index (χ0) is 15.7. The number of carbonyl (C=O) groups excluding carboxylic acids is 2. The van der Waals surface area contributed by atoms with Crippen molar-refractivity contribution in [2.75, 3.05) is 25.0 Å². The highest BCUT2D eigenvalue weighted by Gasteiger charge is 2.07. The van der Waals surface area contributed by atoms with Gasteiger partial charge in [-0.1, -0.05) is 13.8 Å². The van der Waals surface area contributed by atoms with Crippen LogP contribution in [0.5, 0.6) is 0 Å². The lowest BCUT2D eigenvalue weighted by Gasteiger charge is -2.08. The summed E-state index contributed by atoms with van der Waals surface area (Å²) in [5.41, 5.74) is 0.485. The van der Waals surface area contributed by atoms with Crippen LogP contribution < -0.4 is 16.0 Å². The SMILES string of the molecule is CCNc1ccc(C(=O)NCCC(=O)NCC(C)C)cn1. The van der Waals surface area contributed by atoms with Gasteiger partial charge in [-0.3, -0.25) is 9.59 Å². The Morgan fingerprint density at radius 1 is 1.24 bits per heavy atom. The van der Waals surface area contributed by atoms with E-state index in [-0.39, 0.29) is 18.2 Å². The van der Waals surface area contributed by atoms with Gasteiger partial charge in [0.1, 0.15) is 5.82 Å². The molecule has 1 rings (SSSR count). The maximum atomic E-state index is 11.9. The zero-order valence-corrected chi connectivity index (χ0v) is 12.9. The van der Waals surface area contributed by atoms with Gasteiger partial charge in [-0.15, -0.1) is 0 Å². The molecule has 0 aliphatic carbocycles. The van der Waals surface area contributed by atoms with Crippen molar-refractivity contribution in [3.63, 3.8) is 0 Å². The van der Waals surface area contributed by atoms with Gasteiger partial charge in [-0.05, 0) is 25.0 Å². The largest absolute Gasteiger partial charge is 0.370 e. The number of pyridine rings is 1. The highest BCUT2D eigenvalue weighted by molar-refractivity contribution is 5.94. The van der Waals surface area contributed by atoms with Gasteiger partial charge in [0, 0.05) is 32.3 Å². The molecule has 2 amide bonds. The van der Waals surface area contributed by atoms with Crippen molar-refractivity contribution < 1.29 is 9.59 Å². The fraction of sp³-hybridized carbons (Fsp3) is 0.533. The van der Waals surface area contributed by atoms with Crippen LogP contribution in [0.3, 0.4) is 0 Å². The first-order valence-electron chi connectivity index (χ1n) is 7.27. The molecule has 0 saturated heterocycles. The van der Waals surface area contributed by atoms with E-state index in [1.54, 1.807) is 12.1 Å². The van der Waals surface area contributed by atoms with Crippen molar-refractivity contribution >= 4 is 17.6 Å². The topological polar surface area (TPSA) is 83.1 Å². The van der Waals surface area contributed by atoms with Crippen molar-refractivity contribution in [1.82, 2.24) is 15.6 Å². The molecule has 6 nitrogen and oxygen atoms in total. The summed E-state index contributed by atoms with van der Waals surface area (Å²) in [6.07, 6.45) is 1.80. The number of rotatable bonds is 8. The number of nitrogens with one attached hydrogen (secondary N) is 3. The fourth-order valence-corrected chi connectivity index (χ4v) is 1.61. The first kappa shape index (κ1) is 16.9. The molecule has 21 heavy (non-hydrogen) atoms. The van der Waals surface area contributed by atoms with Crippen LogP contribution in [-0.2, 0) is 4.79 Å². The molecule has 0 atom stereocenters. The highest BCUT2D eigenvalue weighted by Crippen LogP contribution is 2.04. The molecule has 0 fully saturated rings. The van der Waals surface area contributed by atoms with Gasteiger partial charge < -0.3 is 16.0 Å². The van der Waals surface area contributed by atoms with Crippen LogP contribution in [0.15, 0.2) is 18.3 Å². The standard InChI is InChI=1S/C15H24N4O2/c1-4-16-13-6-5-12(10-18-13)15(21)17-8-7-14(20)19-9-11(2)3/h5-6,10-11H,4,7-9H2,1-3H3,(H,16,18)(H,17,21)(H,19,20). The Morgan fingerprint density at radius 3 is 2.57 bits per heavy atom. The number of aromatic nitrogens is 1. The lowest BCUT2D eigenvalue weighted by atomic mass is 10.2. The van der Waals surface area contributed by atoms with Crippen LogP contribution in [0.25, 0.3) is 0 Å². The Balaban J connectivity index is 2.31. The number of amides is 2. The first-order chi connectivity index (χ1) is 10.0. The Kier molecular flexibility index (Phi) is 7.21. The summed E-state index contributed by atoms with van der Waals surface area (Å²) in [6, 6.07) is 3.47. The molecule has 0 aliphatic heterocycles. The molecule has 1 heterocycles. The van der Waals surface area contributed by atoms with Crippen molar-refractivity contribution in [3.8, 4) is 0 Å². The first-order valence-corrected chi connectivity index (χ1v) is 7.27. The number of nitrogens with zero attached hydrogens (tertiary/aromatic N) is 1. The molecule has 0 spiro atoms. The third-order valence-corrected chi connectivity index (χ3v) is 2.73. The van der Waals surface area contributed by atoms with Gasteiger partial charge in [0.15, 0.2) is 0 Å². The van der Waals surface area contributed by atoms with Gasteiger partial charge in [0.2, 0.25) is 5.91 Å². The molecule has 116 valence electrons. The normalized spacial score (nSPS) is 10.3. The van der Waals surface area contributed by atoms with E-state index in [1.165, 1.54) is 6.20 Å². The average molecular weight is 292 g/mol. The summed E-state index contributed by atoms with van der Waals surface area (Å²) in [5, 5.41) is 8.57. The quantitative estimate of drug-likeness (QED) is 0.676. The molecular formula is C15H24N4O2. The summed E-state index contributed by atoms with van der Waals surface area (Å²) in [7, 11) is 0. The summed E-state index contributed by atoms with van der Waals surface area (Å²) in [5.74, 6) is 0.888. The molecule has 1 aromatic rings. The van der Waals surface area contributed by atoms with E-state index in [2.05, 4.69) is 20.9 Å². The summed E-state index contributed by atoms with van der Waals surface area (Å²) in [4.78, 5) is 27.5. The van der Waals surface area contributed by atoms with Crippen LogP contribution in [0, 0.1) is 5.92 Å². The second-order valence-electron chi connectivity index (χ2n) is 5.17. The molecule has 0 aromatic carbocycles. The smallest absolute Gasteiger partial charge is 0.252 e. The molecule has 6 heteroatoms. The van der Waals surface area contributed by atoms with Gasteiger partial charge >= 0.3 is 0 Å². The minimum atomic E-state index is -0.220. The summed E-state index contributed by atoms with van der Waals surface area (Å²) < 4.78 is 0. The molecule has 0 unspecified atom stereocenters. The van der Waals surface area contributed by atoms with E-state index in [1.807, 2.05) is 20.8 Å². The number of anilines is 1. The molecular weight excluding hydrogens is 268 g/mol. The van der Waals surface area contributed by atoms with Crippen LogP contribution in [-0.4, -0.2) is 36.4 Å². The van der Waals surface area contributed by atoms with Crippen LogP contribution in [0.1, 0.15) is 37.6 Å². The Labute approximate surface area is 125 Å². The summed E-state index contributed by atoms with van der Waals surface area (Å²) >= 11 is 0. The molecule has 3 N–H and O–H groups in total. The molecule has 1 aromatic heterocycles. The third kappa shape index (κ3) is 6.74. The molecule has 0 saturated carbocycles. The van der Waals surface area contributed by atoms with Gasteiger partial charge in [-0.25, -0.2) is 4.98 Å². The Hall–Kier alpha value is -2.11. The van der Waals surface area contributed by atoms with Crippen molar-refractivity contribution in [1.29, 1.82) is 0 Å². The third-order valence-electron chi connectivity index (χ3n) is 2.73. The van der Waals surface area contributed by atoms with Crippen molar-refractivity contribution in [2.45, 2.75) is 27.2 Å². The Morgan fingerprint density at radius 2 is 2.00 bits per heavy atom. The predicted octanol–water partition coefficient (Wildman–Crippen LogP) is 1.41. The van der Waals surface area contributed by atoms with E-state index >= 15 is 0 Å². The van der Waals surface area contributed by atoms with Gasteiger partial charge in [0.25, 0.3) is 5.91 Å². The maximum absolute atomic E-state index is 11.9. The predicted molar refractivity (Wildman–Crippen MR) is 83.2 cm³/mol. The minimum absolute atomic E-state index is 0.0513. The van der Waals surface area contributed by atoms with Crippen LogP contribution >= 0.6 is 0 Å². The van der Waals surface area contributed by atoms with Crippen LogP contribution in [0.2, 0.25) is 0 Å². The Bertz CT molecular complexity index is 457.